The average Bonchev–Trinajstić information content (AvgIpc) is 3.34. The molecule has 162 valence electrons. The van der Waals surface area contributed by atoms with Gasteiger partial charge in [-0.2, -0.15) is 5.10 Å². The number of carbonyl (C=O) groups is 1. The van der Waals surface area contributed by atoms with E-state index in [9.17, 15) is 4.79 Å². The summed E-state index contributed by atoms with van der Waals surface area (Å²) >= 11 is 12.1. The van der Waals surface area contributed by atoms with Crippen molar-refractivity contribution < 1.29 is 9.53 Å². The zero-order chi connectivity index (χ0) is 22.0. The number of anilines is 2. The third-order valence-corrected chi connectivity index (χ3v) is 5.66. The summed E-state index contributed by atoms with van der Waals surface area (Å²) in [5.74, 6) is 0.585. The molecule has 1 fully saturated rings. The highest BCUT2D eigenvalue weighted by molar-refractivity contribution is 6.35. The number of nitrogens with one attached hydrogen (secondary N) is 2. The first-order valence-corrected chi connectivity index (χ1v) is 10.5. The molecule has 0 bridgehead atoms. The van der Waals surface area contributed by atoms with Crippen LogP contribution in [0.4, 0.5) is 11.5 Å². The number of nitrogens with two attached hydrogens (primary N) is 1. The summed E-state index contributed by atoms with van der Waals surface area (Å²) in [6.07, 6.45) is 4.14. The number of amides is 1. The molecule has 0 saturated carbocycles. The van der Waals surface area contributed by atoms with Crippen LogP contribution in [0.25, 0.3) is 0 Å². The minimum absolute atomic E-state index is 0.122. The summed E-state index contributed by atoms with van der Waals surface area (Å²) in [7, 11) is 1.82. The van der Waals surface area contributed by atoms with Crippen LogP contribution in [-0.2, 0) is 7.05 Å². The normalized spacial score (nSPS) is 18.2. The van der Waals surface area contributed by atoms with E-state index in [0.717, 1.165) is 18.7 Å². The summed E-state index contributed by atoms with van der Waals surface area (Å²) in [6, 6.07) is 8.59. The van der Waals surface area contributed by atoms with E-state index < -0.39 is 0 Å². The van der Waals surface area contributed by atoms with E-state index in [2.05, 4.69) is 20.7 Å². The minimum atomic E-state index is -0.317. The van der Waals surface area contributed by atoms with Gasteiger partial charge in [0.05, 0.1) is 22.0 Å². The number of pyridine rings is 1. The molecule has 8 nitrogen and oxygen atoms in total. The van der Waals surface area contributed by atoms with Crippen LogP contribution < -0.4 is 21.1 Å². The Morgan fingerprint density at radius 3 is 3.00 bits per heavy atom. The summed E-state index contributed by atoms with van der Waals surface area (Å²) < 4.78 is 7.55. The molecule has 1 amide bonds. The molecule has 31 heavy (non-hydrogen) atoms. The Hall–Kier alpha value is -2.81. The van der Waals surface area contributed by atoms with Crippen LogP contribution >= 0.6 is 23.2 Å². The van der Waals surface area contributed by atoms with Crippen LogP contribution in [0.5, 0.6) is 5.75 Å². The summed E-state index contributed by atoms with van der Waals surface area (Å²) in [5, 5.41) is 12.0. The SMILES string of the molecule is Cn1cc(NC(=O)c2cccnc2N)c([C@@H]2CN[C@H](COc3ccc(Cl)cc3Cl)C2)n1. The molecule has 3 aromatic rings. The highest BCUT2D eigenvalue weighted by Gasteiger charge is 2.30. The van der Waals surface area contributed by atoms with E-state index in [4.69, 9.17) is 33.7 Å². The van der Waals surface area contributed by atoms with E-state index in [1.807, 2.05) is 7.05 Å². The van der Waals surface area contributed by atoms with Crippen LogP contribution in [0, 0.1) is 0 Å². The van der Waals surface area contributed by atoms with Gasteiger partial charge in [0.2, 0.25) is 0 Å². The second-order valence-corrected chi connectivity index (χ2v) is 8.26. The fourth-order valence-corrected chi connectivity index (χ4v) is 4.10. The first-order valence-electron chi connectivity index (χ1n) is 9.77. The van der Waals surface area contributed by atoms with Gasteiger partial charge in [0.25, 0.3) is 5.91 Å². The van der Waals surface area contributed by atoms with Crippen molar-refractivity contribution in [3.8, 4) is 5.75 Å². The van der Waals surface area contributed by atoms with Crippen molar-refractivity contribution in [3.63, 3.8) is 0 Å². The van der Waals surface area contributed by atoms with Gasteiger partial charge in [0, 0.05) is 43.0 Å². The van der Waals surface area contributed by atoms with Crippen molar-refractivity contribution in [1.82, 2.24) is 20.1 Å². The van der Waals surface area contributed by atoms with Gasteiger partial charge < -0.3 is 21.1 Å². The van der Waals surface area contributed by atoms with Gasteiger partial charge in [-0.15, -0.1) is 0 Å². The Balaban J connectivity index is 1.41. The van der Waals surface area contributed by atoms with Crippen LogP contribution in [0.15, 0.2) is 42.7 Å². The van der Waals surface area contributed by atoms with Crippen LogP contribution in [0.1, 0.15) is 28.4 Å². The predicted molar refractivity (Wildman–Crippen MR) is 121 cm³/mol. The van der Waals surface area contributed by atoms with Crippen molar-refractivity contribution >= 4 is 40.6 Å². The minimum Gasteiger partial charge on any atom is -0.490 e. The number of nitrogens with zero attached hydrogens (tertiary/aromatic N) is 3. The molecule has 3 heterocycles. The van der Waals surface area contributed by atoms with Crippen LogP contribution in [0.2, 0.25) is 10.0 Å². The number of hydrogen-bond donors (Lipinski definition) is 3. The molecule has 4 rings (SSSR count). The molecular weight excluding hydrogens is 439 g/mol. The quantitative estimate of drug-likeness (QED) is 0.519. The van der Waals surface area contributed by atoms with Gasteiger partial charge in [0.1, 0.15) is 18.2 Å². The molecule has 0 aliphatic carbocycles. The topological polar surface area (TPSA) is 107 Å². The highest BCUT2D eigenvalue weighted by Crippen LogP contribution is 2.32. The van der Waals surface area contributed by atoms with Gasteiger partial charge in [-0.1, -0.05) is 23.2 Å². The number of benzene rings is 1. The third-order valence-electron chi connectivity index (χ3n) is 5.13. The molecule has 1 aliphatic heterocycles. The smallest absolute Gasteiger partial charge is 0.259 e. The Morgan fingerprint density at radius 1 is 1.39 bits per heavy atom. The van der Waals surface area contributed by atoms with E-state index >= 15 is 0 Å². The second-order valence-electron chi connectivity index (χ2n) is 7.42. The molecule has 0 unspecified atom stereocenters. The Morgan fingerprint density at radius 2 is 2.23 bits per heavy atom. The third kappa shape index (κ3) is 4.92. The van der Waals surface area contributed by atoms with Crippen molar-refractivity contribution in [2.24, 2.45) is 7.05 Å². The van der Waals surface area contributed by atoms with Crippen molar-refractivity contribution in [1.29, 1.82) is 0 Å². The molecule has 1 aliphatic rings. The monoisotopic (exact) mass is 460 g/mol. The average molecular weight is 461 g/mol. The lowest BCUT2D eigenvalue weighted by molar-refractivity contribution is 0.102. The maximum atomic E-state index is 12.7. The number of halogens is 2. The Labute approximate surface area is 189 Å². The van der Waals surface area contributed by atoms with E-state index in [0.29, 0.717) is 33.7 Å². The first kappa shape index (κ1) is 21.4. The summed E-state index contributed by atoms with van der Waals surface area (Å²) in [5.41, 5.74) is 7.63. The Bertz CT molecular complexity index is 1100. The van der Waals surface area contributed by atoms with Gasteiger partial charge in [0.15, 0.2) is 0 Å². The van der Waals surface area contributed by atoms with Gasteiger partial charge in [-0.25, -0.2) is 4.98 Å². The molecule has 2 atom stereocenters. The lowest BCUT2D eigenvalue weighted by atomic mass is 10.0. The number of hydrogen-bond acceptors (Lipinski definition) is 6. The fourth-order valence-electron chi connectivity index (χ4n) is 3.64. The zero-order valence-corrected chi connectivity index (χ0v) is 18.3. The molecule has 10 heteroatoms. The number of aryl methyl sites for hydroxylation is 1. The number of ether oxygens (including phenoxy) is 1. The second kappa shape index (κ2) is 9.13. The van der Waals surface area contributed by atoms with Crippen molar-refractivity contribution in [3.05, 3.63) is 64.0 Å². The van der Waals surface area contributed by atoms with Crippen molar-refractivity contribution in [2.45, 2.75) is 18.4 Å². The van der Waals surface area contributed by atoms with Crippen molar-refractivity contribution in [2.75, 3.05) is 24.2 Å². The lowest BCUT2D eigenvalue weighted by Crippen LogP contribution is -2.28. The summed E-state index contributed by atoms with van der Waals surface area (Å²) in [6.45, 7) is 1.18. The molecule has 0 spiro atoms. The van der Waals surface area contributed by atoms with Crippen LogP contribution in [0.3, 0.4) is 0 Å². The van der Waals surface area contributed by atoms with Gasteiger partial charge >= 0.3 is 0 Å². The fraction of sp³-hybridized carbons (Fsp3) is 0.286. The summed E-state index contributed by atoms with van der Waals surface area (Å²) in [4.78, 5) is 16.6. The maximum absolute atomic E-state index is 12.7. The molecule has 1 aromatic carbocycles. The molecule has 0 radical (unpaired) electrons. The maximum Gasteiger partial charge on any atom is 0.259 e. The number of carbonyl (C=O) groups excluding carboxylic acids is 1. The number of rotatable bonds is 6. The number of aromatic nitrogens is 3. The standard InChI is InChI=1S/C21H22Cl2N6O2/c1-29-10-17(27-21(30)15-3-2-6-25-20(15)24)19(28-29)12-7-14(26-9-12)11-31-18-5-4-13(22)8-16(18)23/h2-6,8,10,12,14,26H,7,9,11H2,1H3,(H2,24,25)(H,27,30)/t12-,14-/m0/s1. The Kier molecular flexibility index (Phi) is 6.31. The molecular formula is C21H22Cl2N6O2. The largest absolute Gasteiger partial charge is 0.490 e. The number of nitrogen functional groups attached to an aromatic ring is 1. The van der Waals surface area contributed by atoms with E-state index in [1.165, 1.54) is 0 Å². The molecule has 4 N–H and O–H groups in total. The molecule has 1 saturated heterocycles. The van der Waals surface area contributed by atoms with Gasteiger partial charge in [-0.3, -0.25) is 9.48 Å². The van der Waals surface area contributed by atoms with E-state index in [-0.39, 0.29) is 23.7 Å². The molecule has 2 aromatic heterocycles. The zero-order valence-electron chi connectivity index (χ0n) is 16.8. The first-order chi connectivity index (χ1) is 14.9. The van der Waals surface area contributed by atoms with Gasteiger partial charge in [-0.05, 0) is 36.8 Å². The van der Waals surface area contributed by atoms with E-state index in [1.54, 1.807) is 47.4 Å². The van der Waals surface area contributed by atoms with Crippen LogP contribution in [-0.4, -0.2) is 39.9 Å². The predicted octanol–water partition coefficient (Wildman–Crippen LogP) is 3.48. The lowest BCUT2D eigenvalue weighted by Gasteiger charge is -2.14. The highest BCUT2D eigenvalue weighted by atomic mass is 35.5.